The van der Waals surface area contributed by atoms with Crippen LogP contribution in [0.1, 0.15) is 39.5 Å². The summed E-state index contributed by atoms with van der Waals surface area (Å²) in [4.78, 5) is 12.1. The molecule has 0 aliphatic carbocycles. The van der Waals surface area contributed by atoms with Crippen molar-refractivity contribution in [1.29, 1.82) is 0 Å². The number of nitrogens with one attached hydrogen (secondary N) is 2. The first-order valence-electron chi connectivity index (χ1n) is 6.27. The summed E-state index contributed by atoms with van der Waals surface area (Å²) in [6.45, 7) is 3.88. The zero-order chi connectivity index (χ0) is 11.8. The maximum absolute atomic E-state index is 12.1. The molecule has 4 unspecified atom stereocenters. The Hall–Kier alpha value is -0.610. The van der Waals surface area contributed by atoms with Gasteiger partial charge in [-0.1, -0.05) is 6.92 Å². The van der Waals surface area contributed by atoms with E-state index in [0.29, 0.717) is 12.1 Å². The standard InChI is InChI=1S/C12H22N2O2/c1-3-12(2,7-15)14-11(16)9-6-8-4-5-10(9)13-8/h8-10,13,15H,3-7H2,1-2H3,(H,14,16). The van der Waals surface area contributed by atoms with Gasteiger partial charge in [-0.2, -0.15) is 0 Å². The molecule has 2 bridgehead atoms. The van der Waals surface area contributed by atoms with Crippen LogP contribution in [0.25, 0.3) is 0 Å². The maximum atomic E-state index is 12.1. The second kappa shape index (κ2) is 4.34. The van der Waals surface area contributed by atoms with Gasteiger partial charge in [0.25, 0.3) is 0 Å². The van der Waals surface area contributed by atoms with Crippen LogP contribution in [0.15, 0.2) is 0 Å². The van der Waals surface area contributed by atoms with Gasteiger partial charge in [-0.15, -0.1) is 0 Å². The third kappa shape index (κ3) is 2.09. The molecule has 4 heteroatoms. The summed E-state index contributed by atoms with van der Waals surface area (Å²) in [5.41, 5.74) is -0.459. The Kier molecular flexibility index (Phi) is 3.22. The highest BCUT2D eigenvalue weighted by atomic mass is 16.3. The van der Waals surface area contributed by atoms with Gasteiger partial charge in [0.2, 0.25) is 5.91 Å². The molecule has 0 aromatic rings. The summed E-state index contributed by atoms with van der Waals surface area (Å²) >= 11 is 0. The third-order valence-electron chi connectivity index (χ3n) is 4.19. The second-order valence-electron chi connectivity index (χ2n) is 5.45. The van der Waals surface area contributed by atoms with Gasteiger partial charge in [0, 0.05) is 12.1 Å². The topological polar surface area (TPSA) is 61.4 Å². The molecule has 0 saturated carbocycles. The van der Waals surface area contributed by atoms with E-state index in [-0.39, 0.29) is 18.4 Å². The molecule has 2 saturated heterocycles. The van der Waals surface area contributed by atoms with Crippen molar-refractivity contribution in [1.82, 2.24) is 10.6 Å². The quantitative estimate of drug-likeness (QED) is 0.650. The lowest BCUT2D eigenvalue weighted by molar-refractivity contribution is -0.128. The number of rotatable bonds is 4. The van der Waals surface area contributed by atoms with Gasteiger partial charge in [0.15, 0.2) is 0 Å². The first kappa shape index (κ1) is 11.9. The van der Waals surface area contributed by atoms with E-state index in [0.717, 1.165) is 19.3 Å². The summed E-state index contributed by atoms with van der Waals surface area (Å²) in [5.74, 6) is 0.217. The molecule has 0 spiro atoms. The normalized spacial score (nSPS) is 36.1. The van der Waals surface area contributed by atoms with E-state index < -0.39 is 5.54 Å². The van der Waals surface area contributed by atoms with Crippen molar-refractivity contribution in [3.05, 3.63) is 0 Å². The molecule has 2 fully saturated rings. The molecule has 2 aliphatic rings. The van der Waals surface area contributed by atoms with Gasteiger partial charge in [-0.05, 0) is 32.6 Å². The highest BCUT2D eigenvalue weighted by Crippen LogP contribution is 2.33. The molecule has 0 aromatic heterocycles. The fraction of sp³-hybridized carbons (Fsp3) is 0.917. The zero-order valence-corrected chi connectivity index (χ0v) is 10.1. The van der Waals surface area contributed by atoms with Gasteiger partial charge in [0.1, 0.15) is 0 Å². The van der Waals surface area contributed by atoms with Crippen LogP contribution in [0, 0.1) is 5.92 Å². The van der Waals surface area contributed by atoms with Crippen LogP contribution in [-0.2, 0) is 4.79 Å². The minimum atomic E-state index is -0.459. The Labute approximate surface area is 96.8 Å². The number of carbonyl (C=O) groups is 1. The Morgan fingerprint density at radius 3 is 2.75 bits per heavy atom. The predicted molar refractivity (Wildman–Crippen MR) is 62.0 cm³/mol. The molecule has 0 aromatic carbocycles. The number of aliphatic hydroxyl groups excluding tert-OH is 1. The van der Waals surface area contributed by atoms with Crippen molar-refractivity contribution in [3.63, 3.8) is 0 Å². The van der Waals surface area contributed by atoms with E-state index in [9.17, 15) is 9.90 Å². The number of aliphatic hydroxyl groups is 1. The molecule has 92 valence electrons. The Balaban J connectivity index is 1.93. The summed E-state index contributed by atoms with van der Waals surface area (Å²) in [6.07, 6.45) is 4.04. The van der Waals surface area contributed by atoms with E-state index >= 15 is 0 Å². The largest absolute Gasteiger partial charge is 0.394 e. The SMILES string of the molecule is CCC(C)(CO)NC(=O)C1CC2CCC1N2. The van der Waals surface area contributed by atoms with Gasteiger partial charge in [0.05, 0.1) is 18.1 Å². The minimum absolute atomic E-state index is 0.00346. The summed E-state index contributed by atoms with van der Waals surface area (Å²) in [7, 11) is 0. The first-order valence-corrected chi connectivity index (χ1v) is 6.27. The van der Waals surface area contributed by atoms with Crippen molar-refractivity contribution in [3.8, 4) is 0 Å². The van der Waals surface area contributed by atoms with Gasteiger partial charge < -0.3 is 15.7 Å². The fourth-order valence-electron chi connectivity index (χ4n) is 2.74. The van der Waals surface area contributed by atoms with Crippen LogP contribution in [0.5, 0.6) is 0 Å². The summed E-state index contributed by atoms with van der Waals surface area (Å²) < 4.78 is 0. The Morgan fingerprint density at radius 1 is 1.56 bits per heavy atom. The lowest BCUT2D eigenvalue weighted by Crippen LogP contribution is -2.52. The molecule has 1 amide bonds. The fourth-order valence-corrected chi connectivity index (χ4v) is 2.74. The van der Waals surface area contributed by atoms with Crippen molar-refractivity contribution in [2.45, 2.75) is 57.2 Å². The molecule has 16 heavy (non-hydrogen) atoms. The molecule has 2 aliphatic heterocycles. The predicted octanol–water partition coefficient (Wildman–Crippen LogP) is 0.404. The number of hydrogen-bond acceptors (Lipinski definition) is 3. The van der Waals surface area contributed by atoms with Crippen molar-refractivity contribution >= 4 is 5.91 Å². The van der Waals surface area contributed by atoms with Crippen molar-refractivity contribution < 1.29 is 9.90 Å². The average Bonchev–Trinajstić information content (AvgIpc) is 2.90. The molecule has 4 nitrogen and oxygen atoms in total. The molecular weight excluding hydrogens is 204 g/mol. The van der Waals surface area contributed by atoms with E-state index in [1.807, 2.05) is 13.8 Å². The number of amides is 1. The second-order valence-corrected chi connectivity index (χ2v) is 5.45. The van der Waals surface area contributed by atoms with Crippen molar-refractivity contribution in [2.75, 3.05) is 6.61 Å². The van der Waals surface area contributed by atoms with Crippen LogP contribution in [0.2, 0.25) is 0 Å². The minimum Gasteiger partial charge on any atom is -0.394 e. The summed E-state index contributed by atoms with van der Waals surface area (Å²) in [5, 5.41) is 15.7. The van der Waals surface area contributed by atoms with Gasteiger partial charge in [-0.3, -0.25) is 4.79 Å². The molecular formula is C12H22N2O2. The smallest absolute Gasteiger partial charge is 0.225 e. The number of carbonyl (C=O) groups excluding carboxylic acids is 1. The summed E-state index contributed by atoms with van der Waals surface area (Å²) in [6, 6.07) is 0.910. The van der Waals surface area contributed by atoms with Crippen molar-refractivity contribution in [2.24, 2.45) is 5.92 Å². The molecule has 2 rings (SSSR count). The van der Waals surface area contributed by atoms with E-state index in [4.69, 9.17) is 0 Å². The van der Waals surface area contributed by atoms with Crippen LogP contribution in [0.3, 0.4) is 0 Å². The third-order valence-corrected chi connectivity index (χ3v) is 4.19. The van der Waals surface area contributed by atoms with E-state index in [1.165, 1.54) is 6.42 Å². The Bertz CT molecular complexity index is 276. The monoisotopic (exact) mass is 226 g/mol. The molecule has 4 atom stereocenters. The maximum Gasteiger partial charge on any atom is 0.225 e. The van der Waals surface area contributed by atoms with E-state index in [1.54, 1.807) is 0 Å². The van der Waals surface area contributed by atoms with Crippen LogP contribution < -0.4 is 10.6 Å². The average molecular weight is 226 g/mol. The first-order chi connectivity index (χ1) is 7.58. The highest BCUT2D eigenvalue weighted by Gasteiger charge is 2.43. The molecule has 3 N–H and O–H groups in total. The molecule has 2 heterocycles. The highest BCUT2D eigenvalue weighted by molar-refractivity contribution is 5.80. The number of hydrogen-bond donors (Lipinski definition) is 3. The molecule has 0 radical (unpaired) electrons. The van der Waals surface area contributed by atoms with Gasteiger partial charge >= 0.3 is 0 Å². The van der Waals surface area contributed by atoms with Crippen LogP contribution >= 0.6 is 0 Å². The van der Waals surface area contributed by atoms with Crippen LogP contribution in [0.4, 0.5) is 0 Å². The number of fused-ring (bicyclic) bond motifs is 2. The zero-order valence-electron chi connectivity index (χ0n) is 10.1. The lowest BCUT2D eigenvalue weighted by Gasteiger charge is -2.30. The van der Waals surface area contributed by atoms with E-state index in [2.05, 4.69) is 10.6 Å². The Morgan fingerprint density at radius 2 is 2.31 bits per heavy atom. The lowest BCUT2D eigenvalue weighted by atomic mass is 9.87. The van der Waals surface area contributed by atoms with Crippen LogP contribution in [-0.4, -0.2) is 35.2 Å². The van der Waals surface area contributed by atoms with Gasteiger partial charge in [-0.25, -0.2) is 0 Å².